The summed E-state index contributed by atoms with van der Waals surface area (Å²) in [5, 5.41) is 0. The van der Waals surface area contributed by atoms with E-state index >= 15 is 0 Å². The third-order valence-electron chi connectivity index (χ3n) is 1.61. The molecule has 0 saturated heterocycles. The minimum absolute atomic E-state index is 0.270. The number of hydrogen-bond acceptors (Lipinski definition) is 2. The fourth-order valence-corrected chi connectivity index (χ4v) is 0.926. The maximum Gasteiger partial charge on any atom is 0.130 e. The summed E-state index contributed by atoms with van der Waals surface area (Å²) < 4.78 is 40.9. The van der Waals surface area contributed by atoms with Crippen molar-refractivity contribution in [2.75, 3.05) is 7.11 Å². The molecule has 0 atom stereocenters. The van der Waals surface area contributed by atoms with E-state index in [4.69, 9.17) is 11.6 Å². The molecule has 1 aromatic rings. The Balaban J connectivity index is 2.85. The van der Waals surface area contributed by atoms with Crippen molar-refractivity contribution in [2.24, 2.45) is 0 Å². The zero-order valence-electron chi connectivity index (χ0n) is 12.3. The monoisotopic (exact) mass is 183 g/mol. The predicted molar refractivity (Wildman–Crippen MR) is 52.0 cm³/mol. The number of Topliss-reactive ketones (excluding diaryl/α,β-unsaturated/α-hetero) is 1. The fourth-order valence-electron chi connectivity index (χ4n) is 0.926. The summed E-state index contributed by atoms with van der Waals surface area (Å²) in [7, 11) is 1.51. The van der Waals surface area contributed by atoms with Crippen LogP contribution in [0.4, 0.5) is 0 Å². The molecule has 0 saturated carbocycles. The lowest BCUT2D eigenvalue weighted by Gasteiger charge is -2.01. The van der Waals surface area contributed by atoms with Gasteiger partial charge in [-0.05, 0) is 31.0 Å². The Morgan fingerprint density at radius 1 is 1.54 bits per heavy atom. The van der Waals surface area contributed by atoms with Crippen LogP contribution in [0.1, 0.15) is 25.6 Å². The lowest BCUT2D eigenvalue weighted by atomic mass is 10.1. The highest BCUT2D eigenvalue weighted by atomic mass is 16.5. The van der Waals surface area contributed by atoms with Gasteiger partial charge in [0, 0.05) is 13.2 Å². The van der Waals surface area contributed by atoms with Crippen molar-refractivity contribution in [1.29, 1.82) is 0 Å². The Morgan fingerprint density at radius 3 is 2.77 bits per heavy atom. The van der Waals surface area contributed by atoms with Crippen LogP contribution in [0.3, 0.4) is 0 Å². The van der Waals surface area contributed by atoms with E-state index < -0.39 is 19.0 Å². The summed E-state index contributed by atoms with van der Waals surface area (Å²) in [4.78, 5) is 11.5. The van der Waals surface area contributed by atoms with E-state index in [-0.39, 0.29) is 6.42 Å². The number of ketones is 1. The molecule has 0 radical (unpaired) electrons. The van der Waals surface area contributed by atoms with Crippen molar-refractivity contribution in [3.63, 3.8) is 0 Å². The molecular formula is C11H14O2. The average Bonchev–Trinajstić information content (AvgIpc) is 2.27. The van der Waals surface area contributed by atoms with Gasteiger partial charge in [-0.15, -0.1) is 0 Å². The molecule has 13 heavy (non-hydrogen) atoms. The first-order valence-corrected chi connectivity index (χ1v) is 3.84. The number of aryl methyl sites for hydroxylation is 1. The van der Waals surface area contributed by atoms with Gasteiger partial charge in [0.2, 0.25) is 0 Å². The van der Waals surface area contributed by atoms with Crippen LogP contribution in [-0.2, 0) is 11.2 Å². The lowest BCUT2D eigenvalue weighted by molar-refractivity contribution is -0.116. The normalized spacial score (nSPS) is 17.5. The zero-order valence-corrected chi connectivity index (χ0v) is 7.33. The first-order valence-electron chi connectivity index (χ1n) is 6.34. The fraction of sp³-hybridized carbons (Fsp3) is 0.364. The van der Waals surface area contributed by atoms with E-state index in [1.807, 2.05) is 0 Å². The highest BCUT2D eigenvalue weighted by Gasteiger charge is 1.96. The van der Waals surface area contributed by atoms with Gasteiger partial charge in [0.1, 0.15) is 11.5 Å². The van der Waals surface area contributed by atoms with Gasteiger partial charge in [-0.1, -0.05) is 12.1 Å². The van der Waals surface area contributed by atoms with E-state index in [9.17, 15) is 4.79 Å². The highest BCUT2D eigenvalue weighted by Crippen LogP contribution is 2.12. The Morgan fingerprint density at radius 2 is 2.23 bits per heavy atom. The van der Waals surface area contributed by atoms with Crippen molar-refractivity contribution >= 4 is 5.78 Å². The van der Waals surface area contributed by atoms with Crippen molar-refractivity contribution < 1.29 is 16.4 Å². The molecule has 2 heteroatoms. The third-order valence-corrected chi connectivity index (χ3v) is 1.61. The van der Waals surface area contributed by atoms with Crippen molar-refractivity contribution in [3.8, 4) is 5.75 Å². The van der Waals surface area contributed by atoms with E-state index in [0.29, 0.717) is 11.3 Å². The predicted octanol–water partition coefficient (Wildman–Crippen LogP) is 2.22. The standard InChI is InChI=1S/C11H14O2/c1-9(12)3-4-10-5-7-11(13-2)8-6-10/h5-8H,3-4H2,1-2H3/i1D3,3D2. The summed E-state index contributed by atoms with van der Waals surface area (Å²) in [6, 6.07) is 6.46. The number of methoxy groups -OCH3 is 1. The molecule has 0 aromatic heterocycles. The quantitative estimate of drug-likeness (QED) is 0.715. The minimum atomic E-state index is -2.92. The second-order valence-corrected chi connectivity index (χ2v) is 2.53. The Bertz CT molecular complexity index is 422. The van der Waals surface area contributed by atoms with Gasteiger partial charge in [0.05, 0.1) is 7.11 Å². The smallest absolute Gasteiger partial charge is 0.130 e. The lowest BCUT2D eigenvalue weighted by Crippen LogP contribution is -1.93. The van der Waals surface area contributed by atoms with Crippen LogP contribution in [0.2, 0.25) is 0 Å². The molecule has 1 aromatic carbocycles. The second kappa shape index (κ2) is 4.65. The molecule has 1 rings (SSSR count). The number of carbonyl (C=O) groups is 1. The molecule has 0 spiro atoms. The van der Waals surface area contributed by atoms with Crippen LogP contribution in [0, 0.1) is 0 Å². The van der Waals surface area contributed by atoms with E-state index in [2.05, 4.69) is 0 Å². The van der Waals surface area contributed by atoms with Gasteiger partial charge >= 0.3 is 0 Å². The SMILES string of the molecule is [2H]C([2H])([2H])C(=O)C([2H])([2H])Cc1ccc(OC)cc1. The summed E-state index contributed by atoms with van der Waals surface area (Å²) in [5.74, 6) is -0.757. The van der Waals surface area contributed by atoms with Gasteiger partial charge in [0.25, 0.3) is 0 Å². The van der Waals surface area contributed by atoms with Crippen molar-refractivity contribution in [2.45, 2.75) is 19.6 Å². The molecule has 0 fully saturated rings. The maximum atomic E-state index is 11.5. The topological polar surface area (TPSA) is 26.3 Å². The van der Waals surface area contributed by atoms with Crippen LogP contribution in [0.25, 0.3) is 0 Å². The number of hydrogen-bond donors (Lipinski definition) is 0. The second-order valence-electron chi connectivity index (χ2n) is 2.53. The number of benzene rings is 1. The molecule has 0 unspecified atom stereocenters. The van der Waals surface area contributed by atoms with Crippen LogP contribution >= 0.6 is 0 Å². The Kier molecular flexibility index (Phi) is 1.72. The molecule has 0 aliphatic heterocycles. The van der Waals surface area contributed by atoms with E-state index in [0.717, 1.165) is 0 Å². The molecule has 0 heterocycles. The number of ether oxygens (including phenoxy) is 1. The van der Waals surface area contributed by atoms with Gasteiger partial charge in [-0.25, -0.2) is 0 Å². The van der Waals surface area contributed by atoms with Crippen LogP contribution in [0.5, 0.6) is 5.75 Å². The first kappa shape index (κ1) is 4.80. The molecule has 0 amide bonds. The van der Waals surface area contributed by atoms with Crippen LogP contribution < -0.4 is 4.74 Å². The number of carbonyl (C=O) groups excluding carboxylic acids is 1. The highest BCUT2D eigenvalue weighted by molar-refractivity contribution is 5.75. The van der Waals surface area contributed by atoms with Gasteiger partial charge < -0.3 is 9.53 Å². The molecule has 0 N–H and O–H groups in total. The van der Waals surface area contributed by atoms with Gasteiger partial charge in [-0.2, -0.15) is 0 Å². The average molecular weight is 183 g/mol. The summed E-state index contributed by atoms with van der Waals surface area (Å²) in [5.41, 5.74) is 0.540. The van der Waals surface area contributed by atoms with Crippen molar-refractivity contribution in [1.82, 2.24) is 0 Å². The molecule has 0 aliphatic rings. The number of rotatable bonds is 4. The van der Waals surface area contributed by atoms with E-state index in [1.54, 1.807) is 24.3 Å². The van der Waals surface area contributed by atoms with Crippen LogP contribution in [0.15, 0.2) is 24.3 Å². The Labute approximate surface area is 85.6 Å². The molecule has 70 valence electrons. The summed E-state index contributed by atoms with van der Waals surface area (Å²) in [6.07, 6.45) is -2.67. The van der Waals surface area contributed by atoms with E-state index in [1.165, 1.54) is 7.11 Å². The van der Waals surface area contributed by atoms with Crippen molar-refractivity contribution in [3.05, 3.63) is 29.8 Å². The molecule has 2 nitrogen and oxygen atoms in total. The summed E-state index contributed by atoms with van der Waals surface area (Å²) in [6.45, 7) is -2.92. The molecule has 0 aliphatic carbocycles. The molecular weight excluding hydrogens is 164 g/mol. The van der Waals surface area contributed by atoms with Crippen LogP contribution in [-0.4, -0.2) is 12.9 Å². The first-order chi connectivity index (χ1) is 8.16. The zero-order chi connectivity index (χ0) is 14.0. The van der Waals surface area contributed by atoms with Gasteiger partial charge in [-0.3, -0.25) is 0 Å². The maximum absolute atomic E-state index is 11.5. The molecule has 0 bridgehead atoms. The third kappa shape index (κ3) is 3.28. The summed E-state index contributed by atoms with van der Waals surface area (Å²) >= 11 is 0. The minimum Gasteiger partial charge on any atom is -0.497 e. The van der Waals surface area contributed by atoms with Gasteiger partial charge in [0.15, 0.2) is 0 Å². The Hall–Kier alpha value is -1.31. The largest absolute Gasteiger partial charge is 0.497 e.